The minimum Gasteiger partial charge on any atom is -0.458 e. The smallest absolute Gasteiger partial charge is 0.408 e. The third-order valence-corrected chi connectivity index (χ3v) is 3.06. The Morgan fingerprint density at radius 1 is 1.35 bits per heavy atom. The SMILES string of the molecule is C[C@@H]1OC(=O)[C@@H](NC(=O)OC(C)(C)C)CCCC[C@H]1O. The number of alkyl carbamates (subject to hydrolysis) is 1. The first kappa shape index (κ1) is 16.8. The lowest BCUT2D eigenvalue weighted by Crippen LogP contribution is -2.45. The maximum absolute atomic E-state index is 12.0. The van der Waals surface area contributed by atoms with E-state index in [1.165, 1.54) is 0 Å². The number of esters is 1. The number of hydrogen-bond donors (Lipinski definition) is 2. The van der Waals surface area contributed by atoms with Crippen molar-refractivity contribution >= 4 is 12.1 Å². The Kier molecular flexibility index (Phi) is 5.80. The molecule has 0 aliphatic carbocycles. The van der Waals surface area contributed by atoms with Crippen molar-refractivity contribution in [2.24, 2.45) is 0 Å². The zero-order chi connectivity index (χ0) is 15.3. The Morgan fingerprint density at radius 2 is 1.95 bits per heavy atom. The molecule has 0 bridgehead atoms. The average molecular weight is 287 g/mol. The molecular weight excluding hydrogens is 262 g/mol. The van der Waals surface area contributed by atoms with Crippen molar-refractivity contribution in [1.29, 1.82) is 0 Å². The predicted octanol–water partition coefficient (Wildman–Crippen LogP) is 1.75. The lowest BCUT2D eigenvalue weighted by Gasteiger charge is -2.23. The van der Waals surface area contributed by atoms with Crippen LogP contribution in [-0.2, 0) is 14.3 Å². The van der Waals surface area contributed by atoms with Crippen molar-refractivity contribution in [2.45, 2.75) is 77.2 Å². The van der Waals surface area contributed by atoms with Crippen LogP contribution < -0.4 is 5.32 Å². The van der Waals surface area contributed by atoms with Crippen molar-refractivity contribution in [3.8, 4) is 0 Å². The van der Waals surface area contributed by atoms with Crippen molar-refractivity contribution in [1.82, 2.24) is 5.32 Å². The van der Waals surface area contributed by atoms with Crippen LogP contribution in [0.4, 0.5) is 4.79 Å². The van der Waals surface area contributed by atoms with E-state index in [1.54, 1.807) is 27.7 Å². The Balaban J connectivity index is 2.62. The van der Waals surface area contributed by atoms with Gasteiger partial charge in [0.15, 0.2) is 0 Å². The number of hydrogen-bond acceptors (Lipinski definition) is 5. The number of amides is 1. The molecule has 3 atom stereocenters. The first-order chi connectivity index (χ1) is 9.19. The molecule has 20 heavy (non-hydrogen) atoms. The second-order valence-electron chi connectivity index (χ2n) is 6.19. The summed E-state index contributed by atoms with van der Waals surface area (Å²) < 4.78 is 10.3. The summed E-state index contributed by atoms with van der Waals surface area (Å²) in [6.07, 6.45) is 0.744. The minimum atomic E-state index is -0.724. The van der Waals surface area contributed by atoms with Crippen LogP contribution in [0.3, 0.4) is 0 Å². The minimum absolute atomic E-state index is 0.484. The van der Waals surface area contributed by atoms with Crippen LogP contribution in [0, 0.1) is 0 Å². The number of rotatable bonds is 1. The van der Waals surface area contributed by atoms with Gasteiger partial charge in [0.25, 0.3) is 0 Å². The molecule has 1 saturated heterocycles. The summed E-state index contributed by atoms with van der Waals surface area (Å²) in [6.45, 7) is 6.92. The van der Waals surface area contributed by atoms with Gasteiger partial charge in [0.05, 0.1) is 6.10 Å². The summed E-state index contributed by atoms with van der Waals surface area (Å²) in [6, 6.07) is -0.724. The van der Waals surface area contributed by atoms with Gasteiger partial charge in [0, 0.05) is 0 Å². The van der Waals surface area contributed by atoms with E-state index in [9.17, 15) is 14.7 Å². The van der Waals surface area contributed by atoms with Crippen LogP contribution in [0.15, 0.2) is 0 Å². The molecule has 0 radical (unpaired) electrons. The molecule has 0 aromatic rings. The van der Waals surface area contributed by atoms with Gasteiger partial charge >= 0.3 is 12.1 Å². The van der Waals surface area contributed by atoms with Crippen LogP contribution in [0.5, 0.6) is 0 Å². The Morgan fingerprint density at radius 3 is 2.55 bits per heavy atom. The summed E-state index contributed by atoms with van der Waals surface area (Å²) in [4.78, 5) is 23.7. The highest BCUT2D eigenvalue weighted by Crippen LogP contribution is 2.16. The summed E-state index contributed by atoms with van der Waals surface area (Å²) in [5.41, 5.74) is -0.615. The Hall–Kier alpha value is -1.30. The number of nitrogens with one attached hydrogen (secondary N) is 1. The van der Waals surface area contributed by atoms with Gasteiger partial charge in [-0.3, -0.25) is 0 Å². The molecule has 6 heteroatoms. The fourth-order valence-electron chi connectivity index (χ4n) is 1.98. The number of cyclic esters (lactones) is 1. The molecule has 0 aromatic carbocycles. The highest BCUT2D eigenvalue weighted by Gasteiger charge is 2.29. The largest absolute Gasteiger partial charge is 0.458 e. The second-order valence-corrected chi connectivity index (χ2v) is 6.19. The van der Waals surface area contributed by atoms with Gasteiger partial charge in [-0.1, -0.05) is 12.8 Å². The van der Waals surface area contributed by atoms with E-state index < -0.39 is 35.9 Å². The monoisotopic (exact) mass is 287 g/mol. The fourth-order valence-corrected chi connectivity index (χ4v) is 1.98. The Labute approximate surface area is 119 Å². The molecular formula is C14H25NO5. The maximum Gasteiger partial charge on any atom is 0.408 e. The molecule has 1 aliphatic heterocycles. The molecule has 0 aromatic heterocycles. The molecule has 116 valence electrons. The number of aliphatic hydroxyl groups excluding tert-OH is 1. The van der Waals surface area contributed by atoms with E-state index in [4.69, 9.17) is 9.47 Å². The molecule has 6 nitrogen and oxygen atoms in total. The molecule has 0 spiro atoms. The number of ether oxygens (including phenoxy) is 2. The van der Waals surface area contributed by atoms with Crippen molar-refractivity contribution in [3.63, 3.8) is 0 Å². The maximum atomic E-state index is 12.0. The predicted molar refractivity (Wildman–Crippen MR) is 73.2 cm³/mol. The van der Waals surface area contributed by atoms with Gasteiger partial charge in [-0.15, -0.1) is 0 Å². The van der Waals surface area contributed by atoms with Crippen LogP contribution in [0.25, 0.3) is 0 Å². The molecule has 1 amide bonds. The molecule has 1 aliphatic rings. The van der Waals surface area contributed by atoms with E-state index in [0.717, 1.165) is 12.8 Å². The normalized spacial score (nSPS) is 28.6. The zero-order valence-electron chi connectivity index (χ0n) is 12.6. The van der Waals surface area contributed by atoms with Gasteiger partial charge in [-0.05, 0) is 40.5 Å². The summed E-state index contributed by atoms with van der Waals surface area (Å²) in [5, 5.41) is 12.3. The van der Waals surface area contributed by atoms with Gasteiger partial charge in [0.2, 0.25) is 0 Å². The number of carbonyl (C=O) groups is 2. The van der Waals surface area contributed by atoms with Crippen LogP contribution in [0.2, 0.25) is 0 Å². The lowest BCUT2D eigenvalue weighted by molar-refractivity contribution is -0.156. The van der Waals surface area contributed by atoms with E-state index in [-0.39, 0.29) is 0 Å². The standard InChI is InChI=1S/C14H25NO5/c1-9-11(16)8-6-5-7-10(12(17)19-9)15-13(18)20-14(2,3)4/h9-11,16H,5-8H2,1-4H3,(H,15,18)/t9-,10-,11+/m0/s1. The van der Waals surface area contributed by atoms with Crippen LogP contribution in [0.1, 0.15) is 53.4 Å². The summed E-state index contributed by atoms with van der Waals surface area (Å²) in [5.74, 6) is -0.524. The molecule has 1 fully saturated rings. The first-order valence-electron chi connectivity index (χ1n) is 7.07. The van der Waals surface area contributed by atoms with E-state index in [1.807, 2.05) is 0 Å². The first-order valence-corrected chi connectivity index (χ1v) is 7.07. The zero-order valence-corrected chi connectivity index (χ0v) is 12.6. The van der Waals surface area contributed by atoms with E-state index >= 15 is 0 Å². The topological polar surface area (TPSA) is 84.9 Å². The molecule has 1 rings (SSSR count). The Bertz CT molecular complexity index is 350. The third kappa shape index (κ3) is 5.77. The third-order valence-electron chi connectivity index (χ3n) is 3.06. The lowest BCUT2D eigenvalue weighted by atomic mass is 10.1. The molecule has 0 unspecified atom stereocenters. The van der Waals surface area contributed by atoms with Crippen molar-refractivity contribution < 1.29 is 24.2 Å². The molecule has 2 N–H and O–H groups in total. The van der Waals surface area contributed by atoms with Gasteiger partial charge in [-0.2, -0.15) is 0 Å². The molecule has 0 saturated carbocycles. The average Bonchev–Trinajstić information content (AvgIpc) is 2.33. The van der Waals surface area contributed by atoms with Gasteiger partial charge < -0.3 is 19.9 Å². The number of aliphatic hydroxyl groups is 1. The summed E-state index contributed by atoms with van der Waals surface area (Å²) >= 11 is 0. The van der Waals surface area contributed by atoms with Gasteiger partial charge in [0.1, 0.15) is 17.7 Å². The van der Waals surface area contributed by atoms with E-state index in [0.29, 0.717) is 12.8 Å². The quantitative estimate of drug-likeness (QED) is 0.718. The van der Waals surface area contributed by atoms with Crippen LogP contribution >= 0.6 is 0 Å². The van der Waals surface area contributed by atoms with E-state index in [2.05, 4.69) is 5.32 Å². The van der Waals surface area contributed by atoms with Gasteiger partial charge in [-0.25, -0.2) is 9.59 Å². The van der Waals surface area contributed by atoms with Crippen molar-refractivity contribution in [2.75, 3.05) is 0 Å². The molecule has 1 heterocycles. The fraction of sp³-hybridized carbons (Fsp3) is 0.857. The number of carbonyl (C=O) groups excluding carboxylic acids is 2. The summed E-state index contributed by atoms with van der Waals surface area (Å²) in [7, 11) is 0. The second kappa shape index (κ2) is 6.92. The highest BCUT2D eigenvalue weighted by atomic mass is 16.6. The van der Waals surface area contributed by atoms with Crippen molar-refractivity contribution in [3.05, 3.63) is 0 Å². The highest BCUT2D eigenvalue weighted by molar-refractivity contribution is 5.81. The van der Waals surface area contributed by atoms with Crippen LogP contribution in [-0.4, -0.2) is 41.0 Å².